The monoisotopic (exact) mass is 362 g/mol. The van der Waals surface area contributed by atoms with Gasteiger partial charge in [-0.15, -0.1) is 0 Å². The molecule has 5 heteroatoms. The van der Waals surface area contributed by atoms with Crippen molar-refractivity contribution in [1.82, 2.24) is 4.57 Å². The van der Waals surface area contributed by atoms with Crippen LogP contribution in [0.25, 0.3) is 0 Å². The van der Waals surface area contributed by atoms with E-state index in [1.807, 2.05) is 26.0 Å². The first kappa shape index (κ1) is 18.5. The highest BCUT2D eigenvalue weighted by Crippen LogP contribution is 2.16. The summed E-state index contributed by atoms with van der Waals surface area (Å²) in [5.74, 6) is 0.268. The lowest BCUT2D eigenvalue weighted by atomic mass is 10.1. The highest BCUT2D eigenvalue weighted by molar-refractivity contribution is 6.04. The van der Waals surface area contributed by atoms with Gasteiger partial charge in [0.05, 0.1) is 13.7 Å². The normalized spacial score (nSPS) is 10.5. The molecule has 27 heavy (non-hydrogen) atoms. The summed E-state index contributed by atoms with van der Waals surface area (Å²) in [5.41, 5.74) is 3.70. The van der Waals surface area contributed by atoms with Gasteiger partial charge < -0.3 is 14.6 Å². The Labute approximate surface area is 158 Å². The van der Waals surface area contributed by atoms with Gasteiger partial charge in [-0.05, 0) is 61.4 Å². The molecule has 0 saturated heterocycles. The number of carbonyl (C=O) groups excluding carboxylic acids is 1. The minimum atomic E-state index is -0.430. The molecule has 0 aliphatic rings. The van der Waals surface area contributed by atoms with Crippen LogP contribution in [0.3, 0.4) is 0 Å². The number of pyridine rings is 1. The fourth-order valence-electron chi connectivity index (χ4n) is 2.86. The predicted molar refractivity (Wildman–Crippen MR) is 107 cm³/mol. The van der Waals surface area contributed by atoms with Crippen LogP contribution in [0, 0.1) is 13.8 Å². The van der Waals surface area contributed by atoms with Crippen molar-refractivity contribution < 1.29 is 9.53 Å². The highest BCUT2D eigenvalue weighted by atomic mass is 16.5. The van der Waals surface area contributed by atoms with Crippen LogP contribution in [0.2, 0.25) is 0 Å². The second kappa shape index (κ2) is 7.91. The van der Waals surface area contributed by atoms with E-state index in [1.54, 1.807) is 54.3 Å². The van der Waals surface area contributed by atoms with Crippen LogP contribution in [0.4, 0.5) is 5.69 Å². The summed E-state index contributed by atoms with van der Waals surface area (Å²) in [6, 6.07) is 16.4. The lowest BCUT2D eigenvalue weighted by Gasteiger charge is -2.11. The Morgan fingerprint density at radius 2 is 1.81 bits per heavy atom. The first-order chi connectivity index (χ1) is 13.0. The lowest BCUT2D eigenvalue weighted by Crippen LogP contribution is -2.29. The number of anilines is 1. The van der Waals surface area contributed by atoms with Crippen LogP contribution >= 0.6 is 0 Å². The number of carbonyl (C=O) groups is 1. The zero-order chi connectivity index (χ0) is 19.4. The minimum absolute atomic E-state index is 0.110. The van der Waals surface area contributed by atoms with Crippen LogP contribution in [-0.2, 0) is 6.54 Å². The van der Waals surface area contributed by atoms with Crippen molar-refractivity contribution in [3.63, 3.8) is 0 Å². The summed E-state index contributed by atoms with van der Waals surface area (Å²) >= 11 is 0. The van der Waals surface area contributed by atoms with Gasteiger partial charge in [0.25, 0.3) is 11.5 Å². The Morgan fingerprint density at radius 3 is 2.52 bits per heavy atom. The van der Waals surface area contributed by atoms with Crippen molar-refractivity contribution in [3.8, 4) is 5.75 Å². The Kier molecular flexibility index (Phi) is 5.41. The van der Waals surface area contributed by atoms with Crippen LogP contribution in [-0.4, -0.2) is 17.6 Å². The third-order valence-corrected chi connectivity index (χ3v) is 4.46. The van der Waals surface area contributed by atoms with Crippen LogP contribution in [0.15, 0.2) is 65.6 Å². The standard InChI is InChI=1S/C22H22N2O3/c1-15-6-7-16(2)17(13-15)14-24-12-4-5-20(22(24)26)21(25)23-18-8-10-19(27-3)11-9-18/h4-13H,14H2,1-3H3,(H,23,25). The van der Waals surface area contributed by atoms with Gasteiger partial charge in [0.2, 0.25) is 0 Å². The van der Waals surface area contributed by atoms with Gasteiger partial charge >= 0.3 is 0 Å². The maximum absolute atomic E-state index is 12.8. The SMILES string of the molecule is COc1ccc(NC(=O)c2cccn(Cc3cc(C)ccc3C)c2=O)cc1. The average molecular weight is 362 g/mol. The van der Waals surface area contributed by atoms with E-state index in [0.717, 1.165) is 16.7 Å². The summed E-state index contributed by atoms with van der Waals surface area (Å²) in [5, 5.41) is 2.75. The van der Waals surface area contributed by atoms with Crippen molar-refractivity contribution in [2.75, 3.05) is 12.4 Å². The number of amides is 1. The Morgan fingerprint density at radius 1 is 1.07 bits per heavy atom. The largest absolute Gasteiger partial charge is 0.497 e. The number of hydrogen-bond acceptors (Lipinski definition) is 3. The number of nitrogens with zero attached hydrogens (tertiary/aromatic N) is 1. The number of aromatic nitrogens is 1. The molecule has 138 valence electrons. The number of methoxy groups -OCH3 is 1. The number of ether oxygens (including phenoxy) is 1. The molecule has 0 spiro atoms. The quantitative estimate of drug-likeness (QED) is 0.751. The van der Waals surface area contributed by atoms with Crippen LogP contribution in [0.1, 0.15) is 27.0 Å². The summed E-state index contributed by atoms with van der Waals surface area (Å²) in [7, 11) is 1.58. The van der Waals surface area contributed by atoms with Gasteiger partial charge in [-0.1, -0.05) is 23.8 Å². The highest BCUT2D eigenvalue weighted by Gasteiger charge is 2.13. The topological polar surface area (TPSA) is 60.3 Å². The zero-order valence-electron chi connectivity index (χ0n) is 15.7. The van der Waals surface area contributed by atoms with E-state index in [-0.39, 0.29) is 11.1 Å². The molecule has 1 heterocycles. The molecule has 3 aromatic rings. The first-order valence-electron chi connectivity index (χ1n) is 8.69. The molecule has 3 rings (SSSR count). The van der Waals surface area contributed by atoms with Gasteiger partial charge in [0, 0.05) is 11.9 Å². The molecule has 0 radical (unpaired) electrons. The Bertz CT molecular complexity index is 1020. The Hall–Kier alpha value is -3.34. The molecule has 1 amide bonds. The molecule has 0 aliphatic carbocycles. The lowest BCUT2D eigenvalue weighted by molar-refractivity contribution is 0.102. The number of nitrogens with one attached hydrogen (secondary N) is 1. The van der Waals surface area contributed by atoms with E-state index >= 15 is 0 Å². The van der Waals surface area contributed by atoms with E-state index in [4.69, 9.17) is 4.74 Å². The van der Waals surface area contributed by atoms with Crippen molar-refractivity contribution in [1.29, 1.82) is 0 Å². The van der Waals surface area contributed by atoms with Crippen LogP contribution < -0.4 is 15.6 Å². The molecule has 1 aromatic heterocycles. The van der Waals surface area contributed by atoms with Gasteiger partial charge in [-0.3, -0.25) is 9.59 Å². The first-order valence-corrected chi connectivity index (χ1v) is 8.69. The Balaban J connectivity index is 1.84. The second-order valence-electron chi connectivity index (χ2n) is 6.47. The van der Waals surface area contributed by atoms with E-state index in [2.05, 4.69) is 11.4 Å². The number of aryl methyl sites for hydroxylation is 2. The van der Waals surface area contributed by atoms with Crippen molar-refractivity contribution in [3.05, 3.63) is 93.4 Å². The number of hydrogen-bond donors (Lipinski definition) is 1. The predicted octanol–water partition coefficient (Wildman–Crippen LogP) is 3.77. The maximum atomic E-state index is 12.8. The van der Waals surface area contributed by atoms with Crippen molar-refractivity contribution in [2.45, 2.75) is 20.4 Å². The molecular formula is C22H22N2O3. The fourth-order valence-corrected chi connectivity index (χ4v) is 2.86. The van der Waals surface area contributed by atoms with Crippen molar-refractivity contribution >= 4 is 11.6 Å². The molecule has 0 unspecified atom stereocenters. The van der Waals surface area contributed by atoms with Crippen LogP contribution in [0.5, 0.6) is 5.75 Å². The third kappa shape index (κ3) is 4.26. The van der Waals surface area contributed by atoms with E-state index in [9.17, 15) is 9.59 Å². The zero-order valence-corrected chi connectivity index (χ0v) is 15.7. The van der Waals surface area contributed by atoms with E-state index in [0.29, 0.717) is 18.0 Å². The molecule has 0 bridgehead atoms. The summed E-state index contributed by atoms with van der Waals surface area (Å²) < 4.78 is 6.66. The maximum Gasteiger partial charge on any atom is 0.263 e. The van der Waals surface area contributed by atoms with Gasteiger partial charge in [-0.25, -0.2) is 0 Å². The van der Waals surface area contributed by atoms with Gasteiger partial charge in [0.15, 0.2) is 0 Å². The molecule has 5 nitrogen and oxygen atoms in total. The van der Waals surface area contributed by atoms with Gasteiger partial charge in [0.1, 0.15) is 11.3 Å². The number of rotatable bonds is 5. The second-order valence-corrected chi connectivity index (χ2v) is 6.47. The molecule has 0 saturated carbocycles. The molecular weight excluding hydrogens is 340 g/mol. The van der Waals surface area contributed by atoms with Gasteiger partial charge in [-0.2, -0.15) is 0 Å². The summed E-state index contributed by atoms with van der Waals surface area (Å²) in [6.45, 7) is 4.46. The molecule has 0 fully saturated rings. The van der Waals surface area contributed by atoms with E-state index in [1.165, 1.54) is 0 Å². The fraction of sp³-hybridized carbons (Fsp3) is 0.182. The van der Waals surface area contributed by atoms with Crippen molar-refractivity contribution in [2.24, 2.45) is 0 Å². The number of benzene rings is 2. The molecule has 1 N–H and O–H groups in total. The molecule has 0 aliphatic heterocycles. The third-order valence-electron chi connectivity index (χ3n) is 4.46. The summed E-state index contributed by atoms with van der Waals surface area (Å²) in [6.07, 6.45) is 1.70. The summed E-state index contributed by atoms with van der Waals surface area (Å²) in [4.78, 5) is 25.3. The minimum Gasteiger partial charge on any atom is -0.497 e. The van der Waals surface area contributed by atoms with E-state index < -0.39 is 5.91 Å². The smallest absolute Gasteiger partial charge is 0.263 e. The molecule has 0 atom stereocenters. The molecule has 2 aromatic carbocycles. The average Bonchev–Trinajstić information content (AvgIpc) is 2.67.